The maximum Gasteiger partial charge on any atom is 0.471 e. The largest absolute Gasteiger partial charge is 0.471 e. The van der Waals surface area contributed by atoms with Crippen LogP contribution in [0.4, 0.5) is 18.9 Å². The second-order valence-corrected chi connectivity index (χ2v) is 12.6. The number of nitrogens with zero attached hydrogens (tertiary/aromatic N) is 1. The lowest BCUT2D eigenvalue weighted by Crippen LogP contribution is -2.50. The van der Waals surface area contributed by atoms with Crippen LogP contribution in [0, 0.1) is 0 Å². The Kier molecular flexibility index (Phi) is 11.2. The van der Waals surface area contributed by atoms with E-state index in [-0.39, 0.29) is 44.2 Å². The van der Waals surface area contributed by atoms with Gasteiger partial charge in [-0.1, -0.05) is 48.5 Å². The van der Waals surface area contributed by atoms with Crippen molar-refractivity contribution >= 4 is 35.2 Å². The van der Waals surface area contributed by atoms with E-state index in [9.17, 15) is 32.7 Å². The van der Waals surface area contributed by atoms with Crippen molar-refractivity contribution in [2.24, 2.45) is 0 Å². The first kappa shape index (κ1) is 34.4. The van der Waals surface area contributed by atoms with Gasteiger partial charge in [-0.15, -0.1) is 11.8 Å². The lowest BCUT2D eigenvalue weighted by Gasteiger charge is -2.36. The lowest BCUT2D eigenvalue weighted by molar-refractivity contribution is -0.245. The van der Waals surface area contributed by atoms with Gasteiger partial charge in [-0.3, -0.25) is 14.4 Å². The number of alkyl halides is 3. The fourth-order valence-corrected chi connectivity index (χ4v) is 6.52. The minimum Gasteiger partial charge on any atom is -0.392 e. The standard InChI is InChI=1S/C34H36F3N3O6S/c1-21(42)39-26-12-14-28(15-13-26)47-20-27-17-30(24-8-6-23(19-41)7-9-24)46-32(45-27)25-10-4-22(5-11-25)18-38-31(43)29-3-2-16-40(29)33(44)34(35,36)37/h4-15,27,29-30,32,41H,2-3,16-20H2,1H3,(H,38,43)(H,39,42)/t27-,29-,30+,32+/m0/s1. The number of carbonyl (C=O) groups excluding carboxylic acids is 3. The molecule has 2 saturated heterocycles. The molecule has 47 heavy (non-hydrogen) atoms. The van der Waals surface area contributed by atoms with Gasteiger partial charge >= 0.3 is 12.1 Å². The number of nitrogens with one attached hydrogen (secondary N) is 2. The molecule has 3 aromatic rings. The van der Waals surface area contributed by atoms with Crippen LogP contribution in [-0.2, 0) is 37.0 Å². The Hall–Kier alpha value is -3.91. The number of amides is 3. The zero-order chi connectivity index (χ0) is 33.6. The molecule has 13 heteroatoms. The molecule has 0 saturated carbocycles. The quantitative estimate of drug-likeness (QED) is 0.239. The summed E-state index contributed by atoms with van der Waals surface area (Å²) in [6, 6.07) is 21.2. The predicted octanol–water partition coefficient (Wildman–Crippen LogP) is 5.64. The fraction of sp³-hybridized carbons (Fsp3) is 0.382. The van der Waals surface area contributed by atoms with E-state index in [4.69, 9.17) is 9.47 Å². The molecular formula is C34H36F3N3O6S. The highest BCUT2D eigenvalue weighted by molar-refractivity contribution is 7.99. The topological polar surface area (TPSA) is 117 Å². The van der Waals surface area contributed by atoms with Crippen molar-refractivity contribution in [1.29, 1.82) is 0 Å². The van der Waals surface area contributed by atoms with Crippen molar-refractivity contribution in [2.45, 2.75) is 74.9 Å². The molecule has 0 unspecified atom stereocenters. The first-order valence-electron chi connectivity index (χ1n) is 15.3. The van der Waals surface area contributed by atoms with Crippen LogP contribution in [0.3, 0.4) is 0 Å². The van der Waals surface area contributed by atoms with Crippen molar-refractivity contribution in [3.05, 3.63) is 95.1 Å². The van der Waals surface area contributed by atoms with Crippen molar-refractivity contribution in [2.75, 3.05) is 17.6 Å². The average Bonchev–Trinajstić information content (AvgIpc) is 3.56. The third-order valence-electron chi connectivity index (χ3n) is 8.00. The van der Waals surface area contributed by atoms with Gasteiger partial charge in [-0.05, 0) is 53.8 Å². The molecule has 2 aliphatic rings. The zero-order valence-electron chi connectivity index (χ0n) is 25.7. The molecule has 0 spiro atoms. The van der Waals surface area contributed by atoms with Gasteiger partial charge in [0.2, 0.25) is 11.8 Å². The maximum absolute atomic E-state index is 13.0. The summed E-state index contributed by atoms with van der Waals surface area (Å²) in [5, 5.41) is 14.9. The van der Waals surface area contributed by atoms with Crippen LogP contribution in [0.5, 0.6) is 0 Å². The smallest absolute Gasteiger partial charge is 0.392 e. The Bertz CT molecular complexity index is 1540. The number of thioether (sulfide) groups is 1. The molecule has 2 aliphatic heterocycles. The molecule has 0 bridgehead atoms. The summed E-state index contributed by atoms with van der Waals surface area (Å²) in [6.07, 6.45) is -5.07. The molecule has 4 atom stereocenters. The fourth-order valence-electron chi connectivity index (χ4n) is 5.59. The molecule has 2 heterocycles. The number of hydrogen-bond donors (Lipinski definition) is 3. The molecule has 2 fully saturated rings. The van der Waals surface area contributed by atoms with Crippen molar-refractivity contribution in [1.82, 2.24) is 10.2 Å². The van der Waals surface area contributed by atoms with Crippen molar-refractivity contribution < 1.29 is 42.1 Å². The Morgan fingerprint density at radius 2 is 1.60 bits per heavy atom. The van der Waals surface area contributed by atoms with Crippen molar-refractivity contribution in [3.8, 4) is 0 Å². The normalized spacial score (nSPS) is 21.3. The minimum atomic E-state index is -5.03. The number of aliphatic hydroxyl groups is 1. The van der Waals surface area contributed by atoms with Gasteiger partial charge in [0.05, 0.1) is 18.8 Å². The van der Waals surface area contributed by atoms with Gasteiger partial charge in [0.25, 0.3) is 0 Å². The summed E-state index contributed by atoms with van der Waals surface area (Å²) in [5.74, 6) is -2.11. The highest BCUT2D eigenvalue weighted by Crippen LogP contribution is 2.39. The first-order chi connectivity index (χ1) is 22.5. The highest BCUT2D eigenvalue weighted by atomic mass is 32.2. The van der Waals surface area contributed by atoms with Gasteiger partial charge in [-0.25, -0.2) is 0 Å². The summed E-state index contributed by atoms with van der Waals surface area (Å²) in [7, 11) is 0. The second-order valence-electron chi connectivity index (χ2n) is 11.5. The van der Waals surface area contributed by atoms with E-state index < -0.39 is 30.3 Å². The van der Waals surface area contributed by atoms with Gasteiger partial charge in [0.15, 0.2) is 6.29 Å². The monoisotopic (exact) mass is 671 g/mol. The van der Waals surface area contributed by atoms with Crippen LogP contribution in [0.1, 0.15) is 60.8 Å². The molecule has 0 aliphatic carbocycles. The lowest BCUT2D eigenvalue weighted by atomic mass is 10.0. The molecule has 3 amide bonds. The summed E-state index contributed by atoms with van der Waals surface area (Å²) in [5.41, 5.74) is 3.94. The number of halogens is 3. The third kappa shape index (κ3) is 9.13. The molecule has 5 rings (SSSR count). The average molecular weight is 672 g/mol. The van der Waals surface area contributed by atoms with Crippen LogP contribution < -0.4 is 10.6 Å². The van der Waals surface area contributed by atoms with E-state index in [1.807, 2.05) is 60.7 Å². The molecular weight excluding hydrogens is 635 g/mol. The van der Waals surface area contributed by atoms with Crippen LogP contribution >= 0.6 is 11.8 Å². The first-order valence-corrected chi connectivity index (χ1v) is 16.2. The molecule has 3 aromatic carbocycles. The Labute approximate surface area is 274 Å². The van der Waals surface area contributed by atoms with Crippen LogP contribution in [0.2, 0.25) is 0 Å². The van der Waals surface area contributed by atoms with Crippen molar-refractivity contribution in [3.63, 3.8) is 0 Å². The number of likely N-dealkylation sites (tertiary alicyclic amines) is 1. The SMILES string of the molecule is CC(=O)Nc1ccc(SC[C@@H]2C[C@H](c3ccc(CO)cc3)O[C@H](c3ccc(CNC(=O)[C@@H]4CCCN4C(=O)C(F)(F)F)cc3)O2)cc1. The van der Waals surface area contributed by atoms with E-state index in [0.717, 1.165) is 32.8 Å². The van der Waals surface area contributed by atoms with Crippen LogP contribution in [0.25, 0.3) is 0 Å². The van der Waals surface area contributed by atoms with Gasteiger partial charge in [0.1, 0.15) is 6.04 Å². The zero-order valence-corrected chi connectivity index (χ0v) is 26.5. The second kappa shape index (κ2) is 15.3. The number of carbonyl (C=O) groups is 3. The summed E-state index contributed by atoms with van der Waals surface area (Å²) >= 11 is 1.63. The third-order valence-corrected chi connectivity index (χ3v) is 9.15. The summed E-state index contributed by atoms with van der Waals surface area (Å²) < 4.78 is 51.7. The van der Waals surface area contributed by atoms with Gasteiger partial charge in [0, 0.05) is 48.3 Å². The van der Waals surface area contributed by atoms with E-state index >= 15 is 0 Å². The molecule has 9 nitrogen and oxygen atoms in total. The maximum atomic E-state index is 13.0. The number of rotatable bonds is 10. The molecule has 3 N–H and O–H groups in total. The minimum absolute atomic E-state index is 0.0606. The van der Waals surface area contributed by atoms with E-state index in [2.05, 4.69) is 10.6 Å². The summed E-state index contributed by atoms with van der Waals surface area (Å²) in [6.45, 7) is 1.37. The number of anilines is 1. The summed E-state index contributed by atoms with van der Waals surface area (Å²) in [4.78, 5) is 37.4. The van der Waals surface area contributed by atoms with E-state index in [0.29, 0.717) is 23.5 Å². The number of ether oxygens (including phenoxy) is 2. The van der Waals surface area contributed by atoms with Crippen LogP contribution in [-0.4, -0.2) is 58.3 Å². The van der Waals surface area contributed by atoms with E-state index in [1.165, 1.54) is 6.92 Å². The van der Waals surface area contributed by atoms with Gasteiger partial charge < -0.3 is 30.1 Å². The molecule has 0 radical (unpaired) electrons. The van der Waals surface area contributed by atoms with E-state index in [1.54, 1.807) is 23.9 Å². The Morgan fingerprint density at radius 1 is 0.936 bits per heavy atom. The number of hydrogen-bond acceptors (Lipinski definition) is 7. The van der Waals surface area contributed by atoms with Crippen LogP contribution in [0.15, 0.2) is 77.7 Å². The number of aliphatic hydroxyl groups excluding tert-OH is 1. The Morgan fingerprint density at radius 3 is 2.23 bits per heavy atom. The Balaban J connectivity index is 1.23. The highest BCUT2D eigenvalue weighted by Gasteiger charge is 2.47. The molecule has 250 valence electrons. The molecule has 0 aromatic heterocycles. The van der Waals surface area contributed by atoms with Gasteiger partial charge in [-0.2, -0.15) is 13.2 Å². The number of benzene rings is 3. The predicted molar refractivity (Wildman–Crippen MR) is 169 cm³/mol.